The second kappa shape index (κ2) is 11.5. The molecule has 1 saturated heterocycles. The molecular formula is C30H38ClF3N4O3. The van der Waals surface area contributed by atoms with Gasteiger partial charge in [0.25, 0.3) is 0 Å². The summed E-state index contributed by atoms with van der Waals surface area (Å²) in [5.74, 6) is 1.41. The van der Waals surface area contributed by atoms with Gasteiger partial charge in [0.2, 0.25) is 0 Å². The van der Waals surface area contributed by atoms with Gasteiger partial charge in [0.1, 0.15) is 18.2 Å². The monoisotopic (exact) mass is 594 g/mol. The molecule has 2 aliphatic rings. The Hall–Kier alpha value is -2.69. The summed E-state index contributed by atoms with van der Waals surface area (Å²) in [7, 11) is 1.12. The lowest BCUT2D eigenvalue weighted by molar-refractivity contribution is -0.328. The Morgan fingerprint density at radius 2 is 1.85 bits per heavy atom. The number of hydrogen-bond donors (Lipinski definition) is 2. The third-order valence-corrected chi connectivity index (χ3v) is 8.39. The van der Waals surface area contributed by atoms with Gasteiger partial charge in [0.05, 0.1) is 16.8 Å². The number of halogens is 4. The molecule has 0 radical (unpaired) electrons. The van der Waals surface area contributed by atoms with Crippen molar-refractivity contribution in [3.05, 3.63) is 40.1 Å². The first-order valence-electron chi connectivity index (χ1n) is 13.8. The third-order valence-electron chi connectivity index (χ3n) is 8.06. The van der Waals surface area contributed by atoms with Crippen LogP contribution in [0, 0.1) is 17.7 Å². The number of methoxy groups -OCH3 is 1. The lowest BCUT2D eigenvalue weighted by Crippen LogP contribution is -2.72. The number of aliphatic hydroxyl groups is 1. The van der Waals surface area contributed by atoms with E-state index in [1.54, 1.807) is 25.1 Å². The molecule has 1 atom stereocenters. The maximum Gasteiger partial charge on any atom is 0.417 e. The zero-order chi connectivity index (χ0) is 30.3. The maximum absolute atomic E-state index is 13.7. The number of hydrogen-bond acceptors (Lipinski definition) is 7. The number of nitrogens with one attached hydrogen (secondary N) is 1. The average molecular weight is 595 g/mol. The predicted octanol–water partition coefficient (Wildman–Crippen LogP) is 7.03. The number of benzene rings is 1. The smallest absolute Gasteiger partial charge is 0.417 e. The van der Waals surface area contributed by atoms with E-state index in [-0.39, 0.29) is 19.4 Å². The van der Waals surface area contributed by atoms with Crippen LogP contribution in [0.15, 0.2) is 23.8 Å². The van der Waals surface area contributed by atoms with Crippen LogP contribution >= 0.6 is 11.6 Å². The zero-order valence-electron chi connectivity index (χ0n) is 24.4. The molecule has 41 heavy (non-hydrogen) atoms. The van der Waals surface area contributed by atoms with Crippen LogP contribution in [0.3, 0.4) is 0 Å². The fraction of sp³-hybridized carbons (Fsp3) is 0.567. The number of aromatic nitrogens is 2. The molecule has 0 bridgehead atoms. The quantitative estimate of drug-likeness (QED) is 0.287. The number of rotatable bonds is 10. The number of alkyl halides is 3. The molecule has 2 N–H and O–H groups in total. The van der Waals surface area contributed by atoms with Crippen molar-refractivity contribution < 1.29 is 27.8 Å². The van der Waals surface area contributed by atoms with Crippen LogP contribution < -0.4 is 9.64 Å². The summed E-state index contributed by atoms with van der Waals surface area (Å²) in [5.41, 5.74) is 1.16. The van der Waals surface area contributed by atoms with Gasteiger partial charge in [-0.3, -0.25) is 0 Å². The molecule has 2 fully saturated rings. The summed E-state index contributed by atoms with van der Waals surface area (Å²) in [5, 5.41) is 18.9. The Labute approximate surface area is 244 Å². The summed E-state index contributed by atoms with van der Waals surface area (Å²) >= 11 is 6.61. The summed E-state index contributed by atoms with van der Waals surface area (Å²) in [6.07, 6.45) is -3.74. The minimum Gasteiger partial charge on any atom is -0.491 e. The first kappa shape index (κ1) is 31.3. The van der Waals surface area contributed by atoms with Crippen LogP contribution in [-0.4, -0.2) is 65.5 Å². The molecule has 4 rings (SSSR count). The summed E-state index contributed by atoms with van der Waals surface area (Å²) in [6.45, 7) is 10.3. The van der Waals surface area contributed by atoms with Gasteiger partial charge in [0.15, 0.2) is 11.4 Å². The standard InChI is InChI=1S/C30H38ClF3N4O3/c1-7-8-20(39)12-41-21-9-10-23(31)22(11-21)26-36-25(24(17(2)3)19(5)35)18(4)27(37-26)38-15-28(16-38)13-29(14-28,40-6)30(32,33)34/h9-11,20,35,39H,7-8,12-16H2,1-6H3/t20-/m1/s1. The minimum absolute atomic E-state index is 0.0890. The fourth-order valence-electron chi connectivity index (χ4n) is 6.10. The molecule has 0 unspecified atom stereocenters. The molecule has 0 amide bonds. The molecule has 224 valence electrons. The lowest BCUT2D eigenvalue weighted by atomic mass is 9.54. The Morgan fingerprint density at radius 1 is 1.20 bits per heavy atom. The molecule has 1 saturated carbocycles. The minimum atomic E-state index is -4.42. The van der Waals surface area contributed by atoms with Crippen molar-refractivity contribution in [2.24, 2.45) is 5.41 Å². The Bertz CT molecular complexity index is 1340. The van der Waals surface area contributed by atoms with E-state index in [0.29, 0.717) is 64.5 Å². The van der Waals surface area contributed by atoms with Crippen molar-refractivity contribution in [1.29, 1.82) is 5.41 Å². The van der Waals surface area contributed by atoms with Gasteiger partial charge in [0, 0.05) is 48.0 Å². The van der Waals surface area contributed by atoms with Crippen molar-refractivity contribution in [2.45, 2.75) is 78.2 Å². The largest absolute Gasteiger partial charge is 0.491 e. The number of ether oxygens (including phenoxy) is 2. The molecule has 2 aromatic rings. The number of anilines is 1. The van der Waals surface area contributed by atoms with E-state index in [4.69, 9.17) is 36.5 Å². The molecule has 1 aliphatic heterocycles. The average Bonchev–Trinajstić information content (AvgIpc) is 2.83. The van der Waals surface area contributed by atoms with E-state index in [0.717, 1.165) is 24.7 Å². The highest BCUT2D eigenvalue weighted by Crippen LogP contribution is 2.61. The van der Waals surface area contributed by atoms with Crippen LogP contribution in [-0.2, 0) is 4.74 Å². The van der Waals surface area contributed by atoms with Crippen molar-refractivity contribution in [3.8, 4) is 17.1 Å². The first-order valence-corrected chi connectivity index (χ1v) is 14.1. The third kappa shape index (κ3) is 5.96. The second-order valence-corrected chi connectivity index (χ2v) is 12.1. The highest BCUT2D eigenvalue weighted by Gasteiger charge is 2.71. The van der Waals surface area contributed by atoms with Gasteiger partial charge in [-0.25, -0.2) is 9.97 Å². The Balaban J connectivity index is 1.72. The van der Waals surface area contributed by atoms with Crippen molar-refractivity contribution >= 4 is 28.7 Å². The SMILES string of the molecule is CCC[C@@H](O)COc1ccc(Cl)c(-c2nc(C(C(C)=N)=C(C)C)c(C)c(N3CC4(C3)CC(OC)(C(F)(F)F)C4)n2)c1. The van der Waals surface area contributed by atoms with Crippen LogP contribution in [0.25, 0.3) is 17.0 Å². The van der Waals surface area contributed by atoms with Crippen LogP contribution in [0.2, 0.25) is 5.02 Å². The molecule has 1 aromatic heterocycles. The van der Waals surface area contributed by atoms with E-state index in [9.17, 15) is 18.3 Å². The summed E-state index contributed by atoms with van der Waals surface area (Å²) in [6, 6.07) is 5.11. The Morgan fingerprint density at radius 3 is 2.39 bits per heavy atom. The summed E-state index contributed by atoms with van der Waals surface area (Å²) < 4.78 is 51.8. The molecular weight excluding hydrogens is 557 g/mol. The van der Waals surface area contributed by atoms with E-state index < -0.39 is 23.3 Å². The number of nitrogens with zero attached hydrogens (tertiary/aromatic N) is 3. The highest BCUT2D eigenvalue weighted by molar-refractivity contribution is 6.33. The van der Waals surface area contributed by atoms with Crippen LogP contribution in [0.5, 0.6) is 5.75 Å². The fourth-order valence-corrected chi connectivity index (χ4v) is 6.30. The normalized spacial score (nSPS) is 18.0. The van der Waals surface area contributed by atoms with E-state index >= 15 is 0 Å². The number of aliphatic hydroxyl groups excluding tert-OH is 1. The van der Waals surface area contributed by atoms with Gasteiger partial charge in [-0.05, 0) is 65.2 Å². The zero-order valence-corrected chi connectivity index (χ0v) is 25.1. The van der Waals surface area contributed by atoms with Crippen molar-refractivity contribution in [1.82, 2.24) is 9.97 Å². The van der Waals surface area contributed by atoms with Gasteiger partial charge < -0.3 is 24.9 Å². The van der Waals surface area contributed by atoms with Crippen molar-refractivity contribution in [3.63, 3.8) is 0 Å². The Kier molecular flexibility index (Phi) is 8.79. The topological polar surface area (TPSA) is 91.6 Å². The predicted molar refractivity (Wildman–Crippen MR) is 155 cm³/mol. The van der Waals surface area contributed by atoms with Crippen LogP contribution in [0.4, 0.5) is 19.0 Å². The van der Waals surface area contributed by atoms with E-state index in [1.165, 1.54) is 0 Å². The molecule has 1 aliphatic carbocycles. The molecule has 1 aromatic carbocycles. The molecule has 2 heterocycles. The van der Waals surface area contributed by atoms with Gasteiger partial charge in [-0.1, -0.05) is 30.5 Å². The lowest BCUT2D eigenvalue weighted by Gasteiger charge is -2.63. The molecule has 1 spiro atoms. The summed E-state index contributed by atoms with van der Waals surface area (Å²) in [4.78, 5) is 11.7. The highest BCUT2D eigenvalue weighted by atomic mass is 35.5. The van der Waals surface area contributed by atoms with E-state index in [2.05, 4.69) is 0 Å². The van der Waals surface area contributed by atoms with Crippen LogP contribution in [0.1, 0.15) is 64.6 Å². The van der Waals surface area contributed by atoms with Gasteiger partial charge >= 0.3 is 6.18 Å². The van der Waals surface area contributed by atoms with E-state index in [1.807, 2.05) is 32.6 Å². The molecule has 7 nitrogen and oxygen atoms in total. The van der Waals surface area contributed by atoms with Gasteiger partial charge in [-0.2, -0.15) is 13.2 Å². The second-order valence-electron chi connectivity index (χ2n) is 11.6. The van der Waals surface area contributed by atoms with Crippen molar-refractivity contribution in [2.75, 3.05) is 31.7 Å². The molecule has 11 heteroatoms. The maximum atomic E-state index is 13.7. The number of allylic oxidation sites excluding steroid dienone is 2. The van der Waals surface area contributed by atoms with Gasteiger partial charge in [-0.15, -0.1) is 0 Å². The first-order chi connectivity index (χ1) is 19.2.